The van der Waals surface area contributed by atoms with Gasteiger partial charge in [-0.3, -0.25) is 9.59 Å². The molecule has 6 heteroatoms. The molecule has 6 nitrogen and oxygen atoms in total. The highest BCUT2D eigenvalue weighted by atomic mass is 16.5. The van der Waals surface area contributed by atoms with Gasteiger partial charge >= 0.3 is 5.97 Å². The second-order valence-corrected chi connectivity index (χ2v) is 5.32. The van der Waals surface area contributed by atoms with Gasteiger partial charge in [0.25, 0.3) is 0 Å². The summed E-state index contributed by atoms with van der Waals surface area (Å²) in [5.41, 5.74) is 6.73. The highest BCUT2D eigenvalue weighted by molar-refractivity contribution is 5.98. The Morgan fingerprint density at radius 3 is 2.71 bits per heavy atom. The third kappa shape index (κ3) is 4.27. The Morgan fingerprint density at radius 1 is 1.33 bits per heavy atom. The molecule has 0 spiro atoms. The molecule has 114 valence electrons. The van der Waals surface area contributed by atoms with Crippen LogP contribution in [0.25, 0.3) is 0 Å². The lowest BCUT2D eigenvalue weighted by Crippen LogP contribution is -2.54. The van der Waals surface area contributed by atoms with Crippen molar-refractivity contribution in [1.82, 2.24) is 0 Å². The molecule has 1 heterocycles. The molecule has 0 saturated carbocycles. The van der Waals surface area contributed by atoms with E-state index < -0.39 is 11.5 Å². The highest BCUT2D eigenvalue weighted by Crippen LogP contribution is 2.21. The number of hydrogen-bond acceptors (Lipinski definition) is 4. The predicted octanol–water partition coefficient (Wildman–Crippen LogP) is 1.15. The zero-order valence-electron chi connectivity index (χ0n) is 11.8. The Hall–Kier alpha value is -1.92. The van der Waals surface area contributed by atoms with Crippen molar-refractivity contribution in [2.45, 2.75) is 31.2 Å². The molecule has 1 saturated heterocycles. The normalized spacial score (nSPS) is 17.2. The Morgan fingerprint density at radius 2 is 2.05 bits per heavy atom. The molecule has 1 aliphatic heterocycles. The molecule has 0 bridgehead atoms. The SMILES string of the molecule is NC1(C(=O)Nc2cccc(CCC(=O)O)c2)CCOCC1. The minimum absolute atomic E-state index is 0.0650. The summed E-state index contributed by atoms with van der Waals surface area (Å²) >= 11 is 0. The standard InChI is InChI=1S/C15H20N2O4/c16-15(6-8-21-9-7-15)14(20)17-12-3-1-2-11(10-12)4-5-13(18)19/h1-3,10H,4-9,16H2,(H,17,20)(H,18,19). The summed E-state index contributed by atoms with van der Waals surface area (Å²) in [5, 5.41) is 11.5. The van der Waals surface area contributed by atoms with Crippen LogP contribution < -0.4 is 11.1 Å². The number of benzene rings is 1. The van der Waals surface area contributed by atoms with Gasteiger partial charge in [-0.05, 0) is 37.0 Å². The smallest absolute Gasteiger partial charge is 0.303 e. The number of carboxylic acid groups (broad SMARTS) is 1. The van der Waals surface area contributed by atoms with Gasteiger partial charge in [-0.15, -0.1) is 0 Å². The summed E-state index contributed by atoms with van der Waals surface area (Å²) < 4.78 is 5.22. The molecule has 21 heavy (non-hydrogen) atoms. The van der Waals surface area contributed by atoms with Crippen molar-refractivity contribution < 1.29 is 19.4 Å². The maximum absolute atomic E-state index is 12.3. The average Bonchev–Trinajstić information content (AvgIpc) is 2.46. The molecule has 0 radical (unpaired) electrons. The van der Waals surface area contributed by atoms with Gasteiger partial charge in [0, 0.05) is 25.3 Å². The number of hydrogen-bond donors (Lipinski definition) is 3. The molecule has 0 aliphatic carbocycles. The highest BCUT2D eigenvalue weighted by Gasteiger charge is 2.35. The minimum Gasteiger partial charge on any atom is -0.481 e. The number of nitrogens with two attached hydrogens (primary N) is 1. The molecule has 1 aromatic rings. The maximum Gasteiger partial charge on any atom is 0.303 e. The van der Waals surface area contributed by atoms with Crippen molar-refractivity contribution in [2.24, 2.45) is 5.73 Å². The fourth-order valence-electron chi connectivity index (χ4n) is 2.27. The van der Waals surface area contributed by atoms with E-state index in [4.69, 9.17) is 15.6 Å². The second kappa shape index (κ2) is 6.69. The topological polar surface area (TPSA) is 102 Å². The maximum atomic E-state index is 12.3. The first kappa shape index (κ1) is 15.5. The van der Waals surface area contributed by atoms with Crippen molar-refractivity contribution in [3.8, 4) is 0 Å². The molecule has 1 aliphatic rings. The Bertz CT molecular complexity index is 524. The van der Waals surface area contributed by atoms with E-state index in [9.17, 15) is 9.59 Å². The van der Waals surface area contributed by atoms with Crippen LogP contribution in [0.5, 0.6) is 0 Å². The van der Waals surface area contributed by atoms with Gasteiger partial charge in [0.05, 0.1) is 0 Å². The van der Waals surface area contributed by atoms with Crippen molar-refractivity contribution in [1.29, 1.82) is 0 Å². The third-order valence-corrected chi connectivity index (χ3v) is 3.65. The van der Waals surface area contributed by atoms with E-state index >= 15 is 0 Å². The van der Waals surface area contributed by atoms with E-state index in [1.54, 1.807) is 18.2 Å². The zero-order chi connectivity index (χ0) is 15.3. The number of nitrogens with one attached hydrogen (secondary N) is 1. The first-order chi connectivity index (χ1) is 9.99. The molecule has 1 fully saturated rings. The summed E-state index contributed by atoms with van der Waals surface area (Å²) in [6.07, 6.45) is 1.49. The largest absolute Gasteiger partial charge is 0.481 e. The van der Waals surface area contributed by atoms with Crippen LogP contribution in [0.3, 0.4) is 0 Å². The number of carbonyl (C=O) groups excluding carboxylic acids is 1. The molecule has 1 amide bonds. The van der Waals surface area contributed by atoms with Crippen molar-refractivity contribution >= 4 is 17.6 Å². The van der Waals surface area contributed by atoms with Crippen LogP contribution in [-0.2, 0) is 20.7 Å². The van der Waals surface area contributed by atoms with Crippen LogP contribution in [0, 0.1) is 0 Å². The Balaban J connectivity index is 2.00. The van der Waals surface area contributed by atoms with Crippen molar-refractivity contribution in [2.75, 3.05) is 18.5 Å². The number of rotatable bonds is 5. The van der Waals surface area contributed by atoms with E-state index in [0.29, 0.717) is 38.2 Å². The van der Waals surface area contributed by atoms with Crippen molar-refractivity contribution in [3.63, 3.8) is 0 Å². The van der Waals surface area contributed by atoms with Gasteiger partial charge in [0.1, 0.15) is 5.54 Å². The number of ether oxygens (including phenoxy) is 1. The molecular formula is C15H20N2O4. The first-order valence-corrected chi connectivity index (χ1v) is 6.98. The molecule has 0 aromatic heterocycles. The molecule has 1 aromatic carbocycles. The molecule has 4 N–H and O–H groups in total. The second-order valence-electron chi connectivity index (χ2n) is 5.32. The summed E-state index contributed by atoms with van der Waals surface area (Å²) in [6.45, 7) is 0.977. The average molecular weight is 292 g/mol. The lowest BCUT2D eigenvalue weighted by Gasteiger charge is -2.31. The Kier molecular flexibility index (Phi) is 4.93. The van der Waals surface area contributed by atoms with E-state index in [2.05, 4.69) is 5.32 Å². The van der Waals surface area contributed by atoms with Crippen molar-refractivity contribution in [3.05, 3.63) is 29.8 Å². The molecule has 2 rings (SSSR count). The number of anilines is 1. The van der Waals surface area contributed by atoms with Gasteiger partial charge in [0.15, 0.2) is 0 Å². The number of aryl methyl sites for hydroxylation is 1. The Labute approximate surface area is 123 Å². The number of aliphatic carboxylic acids is 1. The lowest BCUT2D eigenvalue weighted by molar-refractivity contribution is -0.137. The minimum atomic E-state index is -0.894. The zero-order valence-corrected chi connectivity index (χ0v) is 11.8. The number of carbonyl (C=O) groups is 2. The van der Waals surface area contributed by atoms with Crippen LogP contribution in [0.4, 0.5) is 5.69 Å². The summed E-state index contributed by atoms with van der Waals surface area (Å²) in [7, 11) is 0. The van der Waals surface area contributed by atoms with Gasteiger partial charge in [-0.1, -0.05) is 12.1 Å². The van der Waals surface area contributed by atoms with Crippen LogP contribution in [0.2, 0.25) is 0 Å². The van der Waals surface area contributed by atoms with E-state index in [1.165, 1.54) is 0 Å². The first-order valence-electron chi connectivity index (χ1n) is 6.98. The summed E-state index contributed by atoms with van der Waals surface area (Å²) in [4.78, 5) is 22.9. The van der Waals surface area contributed by atoms with Gasteiger partial charge in [-0.25, -0.2) is 0 Å². The third-order valence-electron chi connectivity index (χ3n) is 3.65. The fraction of sp³-hybridized carbons (Fsp3) is 0.467. The molecule has 0 atom stereocenters. The number of amides is 1. The van der Waals surface area contributed by atoms with Crippen LogP contribution >= 0.6 is 0 Å². The quantitative estimate of drug-likeness (QED) is 0.755. The lowest BCUT2D eigenvalue weighted by atomic mass is 9.90. The molecule has 0 unspecified atom stereocenters. The van der Waals surface area contributed by atoms with Crippen LogP contribution in [0.15, 0.2) is 24.3 Å². The van der Waals surface area contributed by atoms with E-state index in [-0.39, 0.29) is 12.3 Å². The van der Waals surface area contributed by atoms with Gasteiger partial charge < -0.3 is 20.9 Å². The van der Waals surface area contributed by atoms with Gasteiger partial charge in [-0.2, -0.15) is 0 Å². The van der Waals surface area contributed by atoms with E-state index in [1.807, 2.05) is 6.07 Å². The summed E-state index contributed by atoms with van der Waals surface area (Å²) in [5.74, 6) is -1.06. The predicted molar refractivity (Wildman–Crippen MR) is 78.0 cm³/mol. The van der Waals surface area contributed by atoms with Crippen LogP contribution in [-0.4, -0.2) is 35.7 Å². The number of carboxylic acids is 1. The summed E-state index contributed by atoms with van der Waals surface area (Å²) in [6, 6.07) is 7.18. The fourth-order valence-corrected chi connectivity index (χ4v) is 2.27. The van der Waals surface area contributed by atoms with Crippen LogP contribution in [0.1, 0.15) is 24.8 Å². The van der Waals surface area contributed by atoms with E-state index in [0.717, 1.165) is 5.56 Å². The molecular weight excluding hydrogens is 272 g/mol. The monoisotopic (exact) mass is 292 g/mol. The van der Waals surface area contributed by atoms with Gasteiger partial charge in [0.2, 0.25) is 5.91 Å².